The molecule has 8 heteroatoms. The molecule has 0 saturated carbocycles. The summed E-state index contributed by atoms with van der Waals surface area (Å²) in [7, 11) is 0. The SMILES string of the molecule is FC(F)(F)Oc1c(CBr)cccc1C(F)(F)F. The topological polar surface area (TPSA) is 9.23 Å². The minimum absolute atomic E-state index is 0.178. The van der Waals surface area contributed by atoms with Crippen LogP contribution in [0, 0.1) is 0 Å². The molecule has 1 nitrogen and oxygen atoms in total. The largest absolute Gasteiger partial charge is 0.573 e. The minimum Gasteiger partial charge on any atom is -0.405 e. The van der Waals surface area contributed by atoms with Crippen molar-refractivity contribution in [1.29, 1.82) is 0 Å². The van der Waals surface area contributed by atoms with E-state index in [2.05, 4.69) is 20.7 Å². The zero-order valence-corrected chi connectivity index (χ0v) is 9.58. The second-order valence-corrected chi connectivity index (χ2v) is 3.53. The molecule has 0 fully saturated rings. The van der Waals surface area contributed by atoms with Crippen molar-refractivity contribution in [1.82, 2.24) is 0 Å². The van der Waals surface area contributed by atoms with Crippen molar-refractivity contribution in [2.24, 2.45) is 0 Å². The van der Waals surface area contributed by atoms with Gasteiger partial charge >= 0.3 is 12.5 Å². The van der Waals surface area contributed by atoms with E-state index in [1.165, 1.54) is 0 Å². The highest BCUT2D eigenvalue weighted by Gasteiger charge is 2.40. The molecule has 0 aliphatic rings. The summed E-state index contributed by atoms with van der Waals surface area (Å²) in [6.45, 7) is 0. The summed E-state index contributed by atoms with van der Waals surface area (Å²) in [4.78, 5) is 0. The lowest BCUT2D eigenvalue weighted by Crippen LogP contribution is -2.21. The van der Waals surface area contributed by atoms with Gasteiger partial charge in [-0.3, -0.25) is 0 Å². The second kappa shape index (κ2) is 4.75. The van der Waals surface area contributed by atoms with E-state index in [1.54, 1.807) is 0 Å². The molecular weight excluding hydrogens is 318 g/mol. The van der Waals surface area contributed by atoms with Crippen molar-refractivity contribution in [3.8, 4) is 5.75 Å². The highest BCUT2D eigenvalue weighted by atomic mass is 79.9. The van der Waals surface area contributed by atoms with Gasteiger partial charge in [-0.05, 0) is 6.07 Å². The van der Waals surface area contributed by atoms with E-state index in [1.807, 2.05) is 0 Å². The molecule has 0 unspecified atom stereocenters. The average molecular weight is 323 g/mol. The Bertz CT molecular complexity index is 397. The Morgan fingerprint density at radius 2 is 1.65 bits per heavy atom. The van der Waals surface area contributed by atoms with E-state index in [4.69, 9.17) is 0 Å². The van der Waals surface area contributed by atoms with E-state index in [0.29, 0.717) is 6.07 Å². The van der Waals surface area contributed by atoms with Crippen molar-refractivity contribution >= 4 is 15.9 Å². The molecule has 0 heterocycles. The van der Waals surface area contributed by atoms with Crippen molar-refractivity contribution < 1.29 is 31.1 Å². The van der Waals surface area contributed by atoms with Gasteiger partial charge in [0.2, 0.25) is 0 Å². The molecule has 17 heavy (non-hydrogen) atoms. The number of benzene rings is 1. The summed E-state index contributed by atoms with van der Waals surface area (Å²) in [6.07, 6.45) is -10.1. The van der Waals surface area contributed by atoms with Crippen LogP contribution >= 0.6 is 15.9 Å². The highest BCUT2D eigenvalue weighted by molar-refractivity contribution is 9.08. The zero-order valence-electron chi connectivity index (χ0n) is 7.99. The smallest absolute Gasteiger partial charge is 0.405 e. The van der Waals surface area contributed by atoms with E-state index in [9.17, 15) is 26.3 Å². The van der Waals surface area contributed by atoms with Crippen LogP contribution in [-0.2, 0) is 11.5 Å². The monoisotopic (exact) mass is 322 g/mol. The summed E-state index contributed by atoms with van der Waals surface area (Å²) >= 11 is 2.80. The van der Waals surface area contributed by atoms with Crippen LogP contribution in [0.4, 0.5) is 26.3 Å². The third-order valence-corrected chi connectivity index (χ3v) is 2.37. The van der Waals surface area contributed by atoms with Gasteiger partial charge in [0, 0.05) is 10.9 Å². The van der Waals surface area contributed by atoms with Crippen LogP contribution in [0.25, 0.3) is 0 Å². The van der Waals surface area contributed by atoms with Crippen LogP contribution in [-0.4, -0.2) is 6.36 Å². The lowest BCUT2D eigenvalue weighted by molar-refractivity contribution is -0.276. The fourth-order valence-corrected chi connectivity index (χ4v) is 1.59. The minimum atomic E-state index is -5.17. The van der Waals surface area contributed by atoms with Crippen molar-refractivity contribution in [3.05, 3.63) is 29.3 Å². The van der Waals surface area contributed by atoms with Gasteiger partial charge in [-0.2, -0.15) is 13.2 Å². The quantitative estimate of drug-likeness (QED) is 0.575. The summed E-state index contributed by atoms with van der Waals surface area (Å²) in [6, 6.07) is 2.67. The van der Waals surface area contributed by atoms with E-state index in [-0.39, 0.29) is 10.9 Å². The van der Waals surface area contributed by atoms with Gasteiger partial charge in [0.15, 0.2) is 0 Å². The van der Waals surface area contributed by atoms with Gasteiger partial charge in [0.05, 0.1) is 5.56 Å². The molecule has 0 spiro atoms. The highest BCUT2D eigenvalue weighted by Crippen LogP contribution is 2.40. The van der Waals surface area contributed by atoms with Crippen molar-refractivity contribution in [2.45, 2.75) is 17.9 Å². The lowest BCUT2D eigenvalue weighted by atomic mass is 10.1. The Morgan fingerprint density at radius 3 is 2.06 bits per heavy atom. The first-order valence-electron chi connectivity index (χ1n) is 4.16. The van der Waals surface area contributed by atoms with E-state index in [0.717, 1.165) is 12.1 Å². The summed E-state index contributed by atoms with van der Waals surface area (Å²) in [5.41, 5.74) is -1.68. The molecule has 1 aromatic rings. The van der Waals surface area contributed by atoms with Gasteiger partial charge in [0.1, 0.15) is 5.75 Å². The third-order valence-electron chi connectivity index (χ3n) is 1.76. The first kappa shape index (κ1) is 14.1. The van der Waals surface area contributed by atoms with Crippen LogP contribution in [0.5, 0.6) is 5.75 Å². The van der Waals surface area contributed by atoms with Gasteiger partial charge < -0.3 is 4.74 Å². The first-order valence-corrected chi connectivity index (χ1v) is 5.28. The Labute approximate surface area is 101 Å². The number of alkyl halides is 7. The van der Waals surface area contributed by atoms with Crippen LogP contribution < -0.4 is 4.74 Å². The molecule has 0 aromatic heterocycles. The van der Waals surface area contributed by atoms with Crippen molar-refractivity contribution in [2.75, 3.05) is 0 Å². The predicted molar refractivity (Wildman–Crippen MR) is 50.8 cm³/mol. The molecular formula is C9H5BrF6O. The van der Waals surface area contributed by atoms with Crippen molar-refractivity contribution in [3.63, 3.8) is 0 Å². The summed E-state index contributed by atoms with van der Waals surface area (Å²) in [5, 5.41) is -0.178. The lowest BCUT2D eigenvalue weighted by Gasteiger charge is -2.17. The molecule has 1 rings (SSSR count). The Balaban J connectivity index is 3.31. The maximum Gasteiger partial charge on any atom is 0.573 e. The number of halogens is 7. The molecule has 0 aliphatic heterocycles. The number of rotatable bonds is 2. The molecule has 0 saturated heterocycles. The van der Waals surface area contributed by atoms with E-state index >= 15 is 0 Å². The summed E-state index contributed by atoms with van der Waals surface area (Å²) in [5.74, 6) is -1.22. The van der Waals surface area contributed by atoms with Crippen LogP contribution in [0.15, 0.2) is 18.2 Å². The molecule has 0 bridgehead atoms. The van der Waals surface area contributed by atoms with Crippen LogP contribution in [0.3, 0.4) is 0 Å². The molecule has 0 radical (unpaired) electrons. The Morgan fingerprint density at radius 1 is 1.06 bits per heavy atom. The maximum atomic E-state index is 12.5. The third kappa shape index (κ3) is 3.79. The average Bonchev–Trinajstić information content (AvgIpc) is 2.13. The fourth-order valence-electron chi connectivity index (χ4n) is 1.15. The number of para-hydroxylation sites is 1. The van der Waals surface area contributed by atoms with Gasteiger partial charge in [-0.25, -0.2) is 0 Å². The predicted octanol–water partition coefficient (Wildman–Crippen LogP) is 4.50. The number of ether oxygens (including phenoxy) is 1. The fraction of sp³-hybridized carbons (Fsp3) is 0.333. The number of hydrogen-bond acceptors (Lipinski definition) is 1. The van der Waals surface area contributed by atoms with Gasteiger partial charge in [-0.15, -0.1) is 13.2 Å². The van der Waals surface area contributed by atoms with Gasteiger partial charge in [0.25, 0.3) is 0 Å². The standard InChI is InChI=1S/C9H5BrF6O/c10-4-5-2-1-3-6(8(11,12)13)7(5)17-9(14,15)16/h1-3H,4H2. The maximum absolute atomic E-state index is 12.5. The summed E-state index contributed by atoms with van der Waals surface area (Å²) < 4.78 is 76.9. The number of hydrogen-bond donors (Lipinski definition) is 0. The van der Waals surface area contributed by atoms with Crippen LogP contribution in [0.2, 0.25) is 0 Å². The zero-order chi connectivity index (χ0) is 13.3. The molecule has 1 aromatic carbocycles. The van der Waals surface area contributed by atoms with Crippen LogP contribution in [0.1, 0.15) is 11.1 Å². The molecule has 0 aliphatic carbocycles. The second-order valence-electron chi connectivity index (χ2n) is 2.97. The van der Waals surface area contributed by atoms with Gasteiger partial charge in [-0.1, -0.05) is 28.1 Å². The van der Waals surface area contributed by atoms with E-state index < -0.39 is 23.9 Å². The normalized spacial score (nSPS) is 12.6. The molecule has 96 valence electrons. The Hall–Kier alpha value is -0.920. The molecule has 0 N–H and O–H groups in total. The molecule has 0 amide bonds. The molecule has 0 atom stereocenters. The Kier molecular flexibility index (Phi) is 3.95. The first-order chi connectivity index (χ1) is 7.65.